The van der Waals surface area contributed by atoms with Gasteiger partial charge in [-0.3, -0.25) is 0 Å². The van der Waals surface area contributed by atoms with Crippen LogP contribution in [0.15, 0.2) is 42.6 Å². The van der Waals surface area contributed by atoms with Gasteiger partial charge in [0, 0.05) is 6.07 Å². The number of hydrogen-bond acceptors (Lipinski definition) is 3. The van der Waals surface area contributed by atoms with Crippen molar-refractivity contribution in [3.05, 3.63) is 54.0 Å². The van der Waals surface area contributed by atoms with E-state index in [0.29, 0.717) is 6.61 Å². The smallest absolute Gasteiger partial charge is 0.237 e. The molecule has 16 heavy (non-hydrogen) atoms. The molecule has 0 aliphatic carbocycles. The van der Waals surface area contributed by atoms with Gasteiger partial charge >= 0.3 is 0 Å². The molecule has 4 heteroatoms. The van der Waals surface area contributed by atoms with Crippen molar-refractivity contribution in [1.82, 2.24) is 4.98 Å². The predicted octanol–water partition coefficient (Wildman–Crippen LogP) is 2.38. The van der Waals surface area contributed by atoms with Crippen molar-refractivity contribution in [1.29, 1.82) is 0 Å². The van der Waals surface area contributed by atoms with E-state index < -0.39 is 5.82 Å². The number of nitrogen functional groups attached to an aromatic ring is 1. The molecule has 1 heterocycles. The maximum atomic E-state index is 12.7. The molecule has 0 aliphatic heterocycles. The Morgan fingerprint density at radius 2 is 2.00 bits per heavy atom. The van der Waals surface area contributed by atoms with Crippen LogP contribution in [0.1, 0.15) is 5.56 Å². The molecule has 0 amide bonds. The Kier molecular flexibility index (Phi) is 3.00. The molecule has 1 aromatic heterocycles. The molecule has 0 saturated carbocycles. The van der Waals surface area contributed by atoms with Crippen molar-refractivity contribution in [2.75, 3.05) is 5.73 Å². The first-order valence-electron chi connectivity index (χ1n) is 4.83. The lowest BCUT2D eigenvalue weighted by Gasteiger charge is -2.07. The Balaban J connectivity index is 2.05. The fourth-order valence-corrected chi connectivity index (χ4v) is 1.29. The molecule has 0 unspecified atom stereocenters. The minimum absolute atomic E-state index is 0.205. The maximum Gasteiger partial charge on any atom is 0.237 e. The molecule has 0 radical (unpaired) electrons. The van der Waals surface area contributed by atoms with Gasteiger partial charge in [-0.2, -0.15) is 0 Å². The molecule has 0 saturated heterocycles. The quantitative estimate of drug-likeness (QED) is 0.860. The second-order valence-corrected chi connectivity index (χ2v) is 3.32. The maximum absolute atomic E-state index is 12.7. The number of nitrogens with two attached hydrogens (primary N) is 1. The standard InChI is InChI=1S/C12H11FN2O/c13-10-6-11(14)12(15-7-10)16-8-9-4-2-1-3-5-9/h1-7H,8,14H2. The van der Waals surface area contributed by atoms with Gasteiger partial charge in [0.15, 0.2) is 0 Å². The van der Waals surface area contributed by atoms with Gasteiger partial charge in [0.1, 0.15) is 12.4 Å². The Bertz CT molecular complexity index is 474. The van der Waals surface area contributed by atoms with Crippen molar-refractivity contribution in [2.24, 2.45) is 0 Å². The Morgan fingerprint density at radius 3 is 2.69 bits per heavy atom. The lowest BCUT2D eigenvalue weighted by Crippen LogP contribution is -2.01. The first-order chi connectivity index (χ1) is 7.75. The van der Waals surface area contributed by atoms with Crippen molar-refractivity contribution in [2.45, 2.75) is 6.61 Å². The normalized spacial score (nSPS) is 10.1. The van der Waals surface area contributed by atoms with Gasteiger partial charge in [0.2, 0.25) is 5.88 Å². The third-order valence-corrected chi connectivity index (χ3v) is 2.06. The molecule has 0 aliphatic rings. The molecule has 82 valence electrons. The summed E-state index contributed by atoms with van der Waals surface area (Å²) < 4.78 is 18.1. The summed E-state index contributed by atoms with van der Waals surface area (Å²) in [6, 6.07) is 10.8. The van der Waals surface area contributed by atoms with E-state index in [1.807, 2.05) is 30.3 Å². The molecule has 0 spiro atoms. The van der Waals surface area contributed by atoms with Gasteiger partial charge in [-0.05, 0) is 5.56 Å². The van der Waals surface area contributed by atoms with Crippen LogP contribution < -0.4 is 10.5 Å². The van der Waals surface area contributed by atoms with Gasteiger partial charge in [-0.25, -0.2) is 9.37 Å². The van der Waals surface area contributed by atoms with Crippen LogP contribution in [0, 0.1) is 5.82 Å². The van der Waals surface area contributed by atoms with Crippen LogP contribution >= 0.6 is 0 Å². The third kappa shape index (κ3) is 2.48. The average molecular weight is 218 g/mol. The van der Waals surface area contributed by atoms with Crippen LogP contribution in [0.3, 0.4) is 0 Å². The molecular formula is C12H11FN2O. The van der Waals surface area contributed by atoms with Gasteiger partial charge in [0.25, 0.3) is 0 Å². The molecular weight excluding hydrogens is 207 g/mol. The summed E-state index contributed by atoms with van der Waals surface area (Å²) >= 11 is 0. The summed E-state index contributed by atoms with van der Waals surface area (Å²) in [5.41, 5.74) is 6.77. The second-order valence-electron chi connectivity index (χ2n) is 3.32. The fraction of sp³-hybridized carbons (Fsp3) is 0.0833. The molecule has 2 N–H and O–H groups in total. The Morgan fingerprint density at radius 1 is 1.25 bits per heavy atom. The highest BCUT2D eigenvalue weighted by Crippen LogP contribution is 2.19. The van der Waals surface area contributed by atoms with E-state index in [-0.39, 0.29) is 11.6 Å². The van der Waals surface area contributed by atoms with Gasteiger partial charge in [-0.1, -0.05) is 30.3 Å². The largest absolute Gasteiger partial charge is 0.471 e. The zero-order valence-corrected chi connectivity index (χ0v) is 8.56. The third-order valence-electron chi connectivity index (χ3n) is 2.06. The molecule has 0 atom stereocenters. The van der Waals surface area contributed by atoms with Crippen molar-refractivity contribution >= 4 is 5.69 Å². The van der Waals surface area contributed by atoms with Gasteiger partial charge < -0.3 is 10.5 Å². The summed E-state index contributed by atoms with van der Waals surface area (Å²) in [6.07, 6.45) is 1.08. The molecule has 3 nitrogen and oxygen atoms in total. The van der Waals surface area contributed by atoms with E-state index in [4.69, 9.17) is 10.5 Å². The van der Waals surface area contributed by atoms with E-state index >= 15 is 0 Å². The van der Waals surface area contributed by atoms with E-state index in [1.54, 1.807) is 0 Å². The zero-order valence-electron chi connectivity index (χ0n) is 8.56. The number of aromatic nitrogens is 1. The number of hydrogen-bond donors (Lipinski definition) is 1. The highest BCUT2D eigenvalue weighted by Gasteiger charge is 2.03. The van der Waals surface area contributed by atoms with E-state index in [9.17, 15) is 4.39 Å². The number of ether oxygens (including phenoxy) is 1. The number of halogens is 1. The van der Waals surface area contributed by atoms with Crippen LogP contribution in [-0.4, -0.2) is 4.98 Å². The summed E-state index contributed by atoms with van der Waals surface area (Å²) in [5, 5.41) is 0. The molecule has 2 rings (SSSR count). The lowest BCUT2D eigenvalue weighted by atomic mass is 10.2. The Labute approximate surface area is 92.7 Å². The minimum Gasteiger partial charge on any atom is -0.471 e. The number of pyridine rings is 1. The highest BCUT2D eigenvalue weighted by molar-refractivity contribution is 5.47. The molecule has 0 bridgehead atoms. The summed E-state index contributed by atoms with van der Waals surface area (Å²) in [7, 11) is 0. The summed E-state index contributed by atoms with van der Waals surface area (Å²) in [4.78, 5) is 3.77. The van der Waals surface area contributed by atoms with Crippen LogP contribution in [-0.2, 0) is 6.61 Å². The Hall–Kier alpha value is -2.10. The predicted molar refractivity (Wildman–Crippen MR) is 59.4 cm³/mol. The zero-order chi connectivity index (χ0) is 11.4. The first-order valence-corrected chi connectivity index (χ1v) is 4.83. The highest BCUT2D eigenvalue weighted by atomic mass is 19.1. The van der Waals surface area contributed by atoms with E-state index in [1.165, 1.54) is 6.07 Å². The summed E-state index contributed by atoms with van der Waals surface area (Å²) in [6.45, 7) is 0.365. The second kappa shape index (κ2) is 4.61. The van der Waals surface area contributed by atoms with Crippen molar-refractivity contribution < 1.29 is 9.13 Å². The van der Waals surface area contributed by atoms with Gasteiger partial charge in [0.05, 0.1) is 11.9 Å². The summed E-state index contributed by atoms with van der Waals surface area (Å²) in [5.74, 6) is -0.213. The van der Waals surface area contributed by atoms with Crippen molar-refractivity contribution in [3.8, 4) is 5.88 Å². The average Bonchev–Trinajstić information content (AvgIpc) is 2.29. The fourth-order valence-electron chi connectivity index (χ4n) is 1.29. The minimum atomic E-state index is -0.468. The van der Waals surface area contributed by atoms with Crippen molar-refractivity contribution in [3.63, 3.8) is 0 Å². The molecule has 2 aromatic rings. The monoisotopic (exact) mass is 218 g/mol. The molecule has 0 fully saturated rings. The van der Waals surface area contributed by atoms with E-state index in [2.05, 4.69) is 4.98 Å². The molecule has 1 aromatic carbocycles. The van der Waals surface area contributed by atoms with Crippen LogP contribution in [0.2, 0.25) is 0 Å². The van der Waals surface area contributed by atoms with E-state index in [0.717, 1.165) is 11.8 Å². The van der Waals surface area contributed by atoms with Crippen LogP contribution in [0.5, 0.6) is 5.88 Å². The van der Waals surface area contributed by atoms with Crippen LogP contribution in [0.25, 0.3) is 0 Å². The topological polar surface area (TPSA) is 48.1 Å². The van der Waals surface area contributed by atoms with Crippen LogP contribution in [0.4, 0.5) is 10.1 Å². The van der Waals surface area contributed by atoms with Gasteiger partial charge in [-0.15, -0.1) is 0 Å². The SMILES string of the molecule is Nc1cc(F)cnc1OCc1ccccc1. The lowest BCUT2D eigenvalue weighted by molar-refractivity contribution is 0.295. The number of anilines is 1. The number of nitrogens with zero attached hydrogens (tertiary/aromatic N) is 1. The number of benzene rings is 1. The first kappa shape index (κ1) is 10.4. The number of rotatable bonds is 3.